The van der Waals surface area contributed by atoms with Gasteiger partial charge in [-0.3, -0.25) is 0 Å². The van der Waals surface area contributed by atoms with E-state index in [4.69, 9.17) is 9.47 Å². The van der Waals surface area contributed by atoms with Crippen LogP contribution in [0.3, 0.4) is 0 Å². The number of benzene rings is 1. The van der Waals surface area contributed by atoms with Crippen LogP contribution in [-0.4, -0.2) is 27.5 Å². The Kier molecular flexibility index (Phi) is 4.51. The molecule has 1 unspecified atom stereocenters. The van der Waals surface area contributed by atoms with Crippen LogP contribution in [0.15, 0.2) is 12.1 Å². The summed E-state index contributed by atoms with van der Waals surface area (Å²) in [6.07, 6.45) is 5.87. The summed E-state index contributed by atoms with van der Waals surface area (Å²) in [4.78, 5) is 0. The molecule has 3 heterocycles. The van der Waals surface area contributed by atoms with Gasteiger partial charge in [-0.2, -0.15) is 0 Å². The smallest absolute Gasteiger partial charge is 0.152 e. The molecule has 2 aliphatic rings. The van der Waals surface area contributed by atoms with Crippen molar-refractivity contribution in [3.8, 4) is 11.5 Å². The molecule has 1 aromatic heterocycles. The van der Waals surface area contributed by atoms with Crippen LogP contribution in [0.2, 0.25) is 0 Å². The van der Waals surface area contributed by atoms with Gasteiger partial charge < -0.3 is 19.4 Å². The predicted molar refractivity (Wildman–Crippen MR) is 96.3 cm³/mol. The first kappa shape index (κ1) is 16.2. The molecule has 1 aromatic carbocycles. The fourth-order valence-corrected chi connectivity index (χ4v) is 3.70. The van der Waals surface area contributed by atoms with E-state index in [9.17, 15) is 0 Å². The predicted octanol–water partition coefficient (Wildman–Crippen LogP) is 3.34. The Labute approximate surface area is 148 Å². The molecule has 6 heteroatoms. The molecule has 0 radical (unpaired) electrons. The number of hydrogen-bond acceptors (Lipinski definition) is 5. The van der Waals surface area contributed by atoms with Crippen LogP contribution in [0, 0.1) is 0 Å². The molecule has 0 saturated carbocycles. The Morgan fingerprint density at radius 3 is 3.08 bits per heavy atom. The highest BCUT2D eigenvalue weighted by Crippen LogP contribution is 2.38. The highest BCUT2D eigenvalue weighted by molar-refractivity contribution is 5.63. The molecule has 1 N–H and O–H groups in total. The minimum atomic E-state index is 0.229. The summed E-state index contributed by atoms with van der Waals surface area (Å²) in [7, 11) is 0. The maximum Gasteiger partial charge on any atom is 0.152 e. The lowest BCUT2D eigenvalue weighted by atomic mass is 10.1. The zero-order chi connectivity index (χ0) is 17.2. The molecule has 1 atom stereocenters. The number of nitrogens with zero attached hydrogens (tertiary/aromatic N) is 3. The Morgan fingerprint density at radius 1 is 1.28 bits per heavy atom. The van der Waals surface area contributed by atoms with E-state index in [0.717, 1.165) is 48.2 Å². The number of aryl methyl sites for hydroxylation is 1. The molecule has 2 aromatic rings. The summed E-state index contributed by atoms with van der Waals surface area (Å²) < 4.78 is 14.0. The zero-order valence-electron chi connectivity index (χ0n) is 15.0. The second-order valence-corrected chi connectivity index (χ2v) is 6.87. The van der Waals surface area contributed by atoms with Gasteiger partial charge in [0.25, 0.3) is 0 Å². The lowest BCUT2D eigenvalue weighted by Gasteiger charge is -2.14. The summed E-state index contributed by atoms with van der Waals surface area (Å²) in [6.45, 7) is 6.40. The lowest BCUT2D eigenvalue weighted by Crippen LogP contribution is -2.11. The summed E-state index contributed by atoms with van der Waals surface area (Å²) >= 11 is 0. The van der Waals surface area contributed by atoms with Crippen molar-refractivity contribution < 1.29 is 9.47 Å². The lowest BCUT2D eigenvalue weighted by molar-refractivity contribution is 0.254. The number of ether oxygens (including phenoxy) is 2. The van der Waals surface area contributed by atoms with Crippen LogP contribution in [-0.2, 0) is 25.9 Å². The van der Waals surface area contributed by atoms with Gasteiger partial charge in [-0.05, 0) is 32.8 Å². The quantitative estimate of drug-likeness (QED) is 0.903. The maximum atomic E-state index is 5.90. The monoisotopic (exact) mass is 342 g/mol. The van der Waals surface area contributed by atoms with Gasteiger partial charge in [-0.15, -0.1) is 10.2 Å². The Balaban J connectivity index is 1.55. The van der Waals surface area contributed by atoms with Gasteiger partial charge in [-0.25, -0.2) is 0 Å². The van der Waals surface area contributed by atoms with Crippen LogP contribution < -0.4 is 14.8 Å². The molecule has 0 spiro atoms. The number of fused-ring (bicyclic) bond motifs is 2. The standard InChI is InChI=1S/C19H26N4O2/c1-3-24-17-10-14-9-13(2)25-16(14)11-15(17)20-12-19-22-21-18-7-5-4-6-8-23(18)19/h10-11,13,20H,3-9,12H2,1-2H3. The van der Waals surface area contributed by atoms with E-state index in [-0.39, 0.29) is 6.10 Å². The zero-order valence-corrected chi connectivity index (χ0v) is 15.0. The van der Waals surface area contributed by atoms with Crippen LogP contribution in [0.5, 0.6) is 11.5 Å². The molecule has 0 fully saturated rings. The second kappa shape index (κ2) is 6.94. The van der Waals surface area contributed by atoms with E-state index < -0.39 is 0 Å². The van der Waals surface area contributed by atoms with Crippen molar-refractivity contribution in [3.05, 3.63) is 29.3 Å². The van der Waals surface area contributed by atoms with Gasteiger partial charge in [-0.1, -0.05) is 6.42 Å². The molecular formula is C19H26N4O2. The van der Waals surface area contributed by atoms with Gasteiger partial charge >= 0.3 is 0 Å². The molecule has 134 valence electrons. The SMILES string of the molecule is CCOc1cc2c(cc1NCc1nnc3n1CCCCC3)OC(C)C2. The summed E-state index contributed by atoms with van der Waals surface area (Å²) in [5, 5.41) is 12.3. The highest BCUT2D eigenvalue weighted by atomic mass is 16.5. The average Bonchev–Trinajstić information content (AvgIpc) is 3.06. The van der Waals surface area contributed by atoms with Crippen molar-refractivity contribution in [2.75, 3.05) is 11.9 Å². The van der Waals surface area contributed by atoms with Gasteiger partial charge in [0, 0.05) is 31.0 Å². The van der Waals surface area contributed by atoms with Gasteiger partial charge in [0.15, 0.2) is 5.82 Å². The molecular weight excluding hydrogens is 316 g/mol. The highest BCUT2D eigenvalue weighted by Gasteiger charge is 2.22. The molecule has 0 saturated heterocycles. The maximum absolute atomic E-state index is 5.90. The molecule has 0 bridgehead atoms. The van der Waals surface area contributed by atoms with Crippen molar-refractivity contribution in [1.29, 1.82) is 0 Å². The molecule has 2 aliphatic heterocycles. The van der Waals surface area contributed by atoms with E-state index in [1.54, 1.807) is 0 Å². The average molecular weight is 342 g/mol. The van der Waals surface area contributed by atoms with Crippen LogP contribution in [0.4, 0.5) is 5.69 Å². The fraction of sp³-hybridized carbons (Fsp3) is 0.579. The Morgan fingerprint density at radius 2 is 2.20 bits per heavy atom. The van der Waals surface area contributed by atoms with E-state index in [0.29, 0.717) is 13.2 Å². The molecule has 6 nitrogen and oxygen atoms in total. The first-order valence-electron chi connectivity index (χ1n) is 9.35. The van der Waals surface area contributed by atoms with Crippen LogP contribution in [0.1, 0.15) is 50.3 Å². The summed E-state index contributed by atoms with van der Waals surface area (Å²) in [5.41, 5.74) is 2.18. The third-order valence-corrected chi connectivity index (χ3v) is 4.92. The van der Waals surface area contributed by atoms with E-state index in [1.807, 2.05) is 6.92 Å². The van der Waals surface area contributed by atoms with Crippen molar-refractivity contribution in [3.63, 3.8) is 0 Å². The number of nitrogens with one attached hydrogen (secondary N) is 1. The van der Waals surface area contributed by atoms with Crippen molar-refractivity contribution in [2.45, 2.75) is 65.1 Å². The Bertz CT molecular complexity index is 756. The first-order chi connectivity index (χ1) is 12.2. The minimum Gasteiger partial charge on any atom is -0.492 e. The molecule has 4 rings (SSSR count). The van der Waals surface area contributed by atoms with E-state index in [2.05, 4.69) is 39.1 Å². The third-order valence-electron chi connectivity index (χ3n) is 4.92. The molecule has 0 aliphatic carbocycles. The number of rotatable bonds is 5. The first-order valence-corrected chi connectivity index (χ1v) is 9.35. The number of anilines is 1. The van der Waals surface area contributed by atoms with Gasteiger partial charge in [0.05, 0.1) is 18.8 Å². The van der Waals surface area contributed by atoms with Crippen LogP contribution >= 0.6 is 0 Å². The van der Waals surface area contributed by atoms with E-state index >= 15 is 0 Å². The van der Waals surface area contributed by atoms with Gasteiger partial charge in [0.1, 0.15) is 23.4 Å². The topological polar surface area (TPSA) is 61.2 Å². The van der Waals surface area contributed by atoms with Crippen molar-refractivity contribution in [1.82, 2.24) is 14.8 Å². The Hall–Kier alpha value is -2.24. The van der Waals surface area contributed by atoms with E-state index in [1.165, 1.54) is 24.8 Å². The largest absolute Gasteiger partial charge is 0.492 e. The van der Waals surface area contributed by atoms with Crippen molar-refractivity contribution >= 4 is 5.69 Å². The second-order valence-electron chi connectivity index (χ2n) is 6.87. The fourth-order valence-electron chi connectivity index (χ4n) is 3.70. The number of aromatic nitrogens is 3. The molecule has 0 amide bonds. The summed E-state index contributed by atoms with van der Waals surface area (Å²) in [5.74, 6) is 3.95. The molecule has 25 heavy (non-hydrogen) atoms. The van der Waals surface area contributed by atoms with Crippen LogP contribution in [0.25, 0.3) is 0 Å². The minimum absolute atomic E-state index is 0.229. The van der Waals surface area contributed by atoms with Gasteiger partial charge in [0.2, 0.25) is 0 Å². The summed E-state index contributed by atoms with van der Waals surface area (Å²) in [6, 6.07) is 4.17. The third kappa shape index (κ3) is 3.30. The normalized spacial score (nSPS) is 18.9. The number of hydrogen-bond donors (Lipinski definition) is 1. The van der Waals surface area contributed by atoms with Crippen molar-refractivity contribution in [2.24, 2.45) is 0 Å².